The molecule has 4 heterocycles. The number of halogens is 3. The van der Waals surface area contributed by atoms with Crippen LogP contribution < -0.4 is 25.5 Å². The number of sulfonamides is 1. The van der Waals surface area contributed by atoms with Crippen molar-refractivity contribution in [3.63, 3.8) is 0 Å². The molecule has 1 fully saturated rings. The number of nitrogens with one attached hydrogen (secondary N) is 2. The largest absolute Gasteiger partial charge is 0.484 e. The van der Waals surface area contributed by atoms with Crippen LogP contribution in [0.5, 0.6) is 5.75 Å². The molecule has 1 aliphatic rings. The molecule has 5 aromatic rings. The van der Waals surface area contributed by atoms with Gasteiger partial charge in [0.15, 0.2) is 0 Å². The van der Waals surface area contributed by atoms with Gasteiger partial charge in [0.2, 0.25) is 0 Å². The third kappa shape index (κ3) is 5.98. The number of rotatable bonds is 9. The smallest absolute Gasteiger partial charge is 0.355 e. The van der Waals surface area contributed by atoms with Crippen LogP contribution in [0.25, 0.3) is 33.3 Å². The molecule has 0 radical (unpaired) electrons. The van der Waals surface area contributed by atoms with E-state index in [9.17, 15) is 21.6 Å². The lowest BCUT2D eigenvalue weighted by Gasteiger charge is -2.28. The van der Waals surface area contributed by atoms with Crippen molar-refractivity contribution >= 4 is 32.4 Å². The number of hydrogen-bond acceptors (Lipinski definition) is 9. The lowest BCUT2D eigenvalue weighted by molar-refractivity contribution is 0.228. The summed E-state index contributed by atoms with van der Waals surface area (Å²) in [6.45, 7) is 4.98. The predicted molar refractivity (Wildman–Crippen MR) is 164 cm³/mol. The lowest BCUT2D eigenvalue weighted by Crippen LogP contribution is -2.49. The molecule has 4 N–H and O–H groups in total. The van der Waals surface area contributed by atoms with Crippen LogP contribution in [0.3, 0.4) is 0 Å². The Morgan fingerprint density at radius 1 is 1.07 bits per heavy atom. The Balaban J connectivity index is 1.43. The van der Waals surface area contributed by atoms with Crippen molar-refractivity contribution in [2.24, 2.45) is 7.05 Å². The summed E-state index contributed by atoms with van der Waals surface area (Å²) in [7, 11) is -3.26. The number of piperazine rings is 1. The van der Waals surface area contributed by atoms with Gasteiger partial charge in [0, 0.05) is 56.1 Å². The molecule has 236 valence electrons. The number of nitrogens with two attached hydrogens (primary N) is 1. The molecule has 45 heavy (non-hydrogen) atoms. The molecule has 1 saturated heterocycles. The van der Waals surface area contributed by atoms with E-state index >= 15 is 0 Å². The average Bonchev–Trinajstić information content (AvgIpc) is 3.65. The second-order valence-electron chi connectivity index (χ2n) is 10.5. The van der Waals surface area contributed by atoms with Gasteiger partial charge < -0.3 is 15.8 Å². The van der Waals surface area contributed by atoms with E-state index in [0.717, 1.165) is 37.3 Å². The number of alkyl halides is 2. The minimum Gasteiger partial charge on any atom is -0.484 e. The SMILES string of the molecule is C[C@H](Oc1cc(-c2nn(C)c3c(-c4cnn(N5CCNCC5)c4)cnc(N)c23)ccc1NS(=O)(=O)C(F)F)c1ccc(F)cc1. The van der Waals surface area contributed by atoms with Crippen molar-refractivity contribution in [3.8, 4) is 28.1 Å². The third-order valence-electron chi connectivity index (χ3n) is 7.54. The molecule has 1 atom stereocenters. The Morgan fingerprint density at radius 3 is 2.51 bits per heavy atom. The summed E-state index contributed by atoms with van der Waals surface area (Å²) < 4.78 is 73.9. The first-order valence-corrected chi connectivity index (χ1v) is 15.5. The summed E-state index contributed by atoms with van der Waals surface area (Å²) in [4.78, 5) is 6.24. The van der Waals surface area contributed by atoms with Gasteiger partial charge in [-0.25, -0.2) is 17.8 Å². The van der Waals surface area contributed by atoms with Crippen molar-refractivity contribution in [2.45, 2.75) is 18.8 Å². The molecule has 6 rings (SSSR count). The minimum atomic E-state index is -5.01. The highest BCUT2D eigenvalue weighted by atomic mass is 32.2. The summed E-state index contributed by atoms with van der Waals surface area (Å²) in [5, 5.41) is 15.2. The van der Waals surface area contributed by atoms with Crippen LogP contribution in [0.1, 0.15) is 18.6 Å². The number of fused-ring (bicyclic) bond motifs is 1. The Labute approximate surface area is 256 Å². The fraction of sp³-hybridized carbons (Fsp3) is 0.276. The van der Waals surface area contributed by atoms with E-state index in [-0.39, 0.29) is 17.3 Å². The zero-order valence-electron chi connectivity index (χ0n) is 24.3. The maximum Gasteiger partial charge on any atom is 0.355 e. The quantitative estimate of drug-likeness (QED) is 0.218. The molecule has 3 aromatic heterocycles. The van der Waals surface area contributed by atoms with Gasteiger partial charge in [-0.1, -0.05) is 18.2 Å². The third-order valence-corrected chi connectivity index (χ3v) is 8.51. The van der Waals surface area contributed by atoms with Crippen LogP contribution in [0.15, 0.2) is 61.1 Å². The normalized spacial score (nSPS) is 14.7. The fourth-order valence-electron chi connectivity index (χ4n) is 5.25. The summed E-state index contributed by atoms with van der Waals surface area (Å²) in [5.41, 5.74) is 9.86. The van der Waals surface area contributed by atoms with E-state index < -0.39 is 27.7 Å². The first kappa shape index (κ1) is 30.2. The number of hydrogen-bond donors (Lipinski definition) is 3. The Hall–Kier alpha value is -4.83. The van der Waals surface area contributed by atoms with Gasteiger partial charge >= 0.3 is 5.76 Å². The predicted octanol–water partition coefficient (Wildman–Crippen LogP) is 3.87. The number of anilines is 2. The molecule has 0 aliphatic carbocycles. The Bertz CT molecular complexity index is 1960. The van der Waals surface area contributed by atoms with Crippen LogP contribution in [0, 0.1) is 5.82 Å². The number of aryl methyl sites for hydroxylation is 1. The van der Waals surface area contributed by atoms with Crippen LogP contribution >= 0.6 is 0 Å². The van der Waals surface area contributed by atoms with Crippen LogP contribution in [0.2, 0.25) is 0 Å². The molecule has 0 unspecified atom stereocenters. The highest BCUT2D eigenvalue weighted by Gasteiger charge is 2.27. The first-order valence-electron chi connectivity index (χ1n) is 14.0. The summed E-state index contributed by atoms with van der Waals surface area (Å²) in [5.74, 6) is -3.95. The molecule has 0 bridgehead atoms. The number of benzene rings is 2. The van der Waals surface area contributed by atoms with E-state index in [2.05, 4.69) is 20.4 Å². The molecule has 0 amide bonds. The van der Waals surface area contributed by atoms with Gasteiger partial charge in [-0.3, -0.25) is 14.4 Å². The molecule has 0 spiro atoms. The number of ether oxygens (including phenoxy) is 1. The van der Waals surface area contributed by atoms with Gasteiger partial charge in [0.1, 0.15) is 29.2 Å². The van der Waals surface area contributed by atoms with Crippen LogP contribution in [-0.2, 0) is 17.1 Å². The maximum absolute atomic E-state index is 13.5. The van der Waals surface area contributed by atoms with E-state index in [1.54, 1.807) is 35.8 Å². The van der Waals surface area contributed by atoms with Gasteiger partial charge in [-0.15, -0.1) is 0 Å². The van der Waals surface area contributed by atoms with Gasteiger partial charge in [-0.05, 0) is 36.8 Å². The second kappa shape index (κ2) is 11.9. The highest BCUT2D eigenvalue weighted by molar-refractivity contribution is 7.93. The summed E-state index contributed by atoms with van der Waals surface area (Å²) in [6, 6.07) is 9.86. The zero-order valence-corrected chi connectivity index (χ0v) is 25.1. The van der Waals surface area contributed by atoms with E-state index in [4.69, 9.17) is 15.6 Å². The molecular weight excluding hydrogens is 611 g/mol. The van der Waals surface area contributed by atoms with Gasteiger partial charge in [-0.2, -0.15) is 23.8 Å². The van der Waals surface area contributed by atoms with Crippen molar-refractivity contribution in [1.29, 1.82) is 0 Å². The van der Waals surface area contributed by atoms with Crippen molar-refractivity contribution in [1.82, 2.24) is 30.0 Å². The summed E-state index contributed by atoms with van der Waals surface area (Å²) in [6.07, 6.45) is 4.61. The maximum atomic E-state index is 13.5. The highest BCUT2D eigenvalue weighted by Crippen LogP contribution is 2.40. The van der Waals surface area contributed by atoms with E-state index in [0.29, 0.717) is 27.7 Å². The monoisotopic (exact) mass is 641 g/mol. The van der Waals surface area contributed by atoms with Gasteiger partial charge in [0.05, 0.1) is 29.0 Å². The Kier molecular flexibility index (Phi) is 8.01. The molecule has 16 heteroatoms. The van der Waals surface area contributed by atoms with Crippen molar-refractivity contribution in [3.05, 3.63) is 72.4 Å². The standard InChI is InChI=1S/C29H30F3N9O3S/c1-17(18-3-6-21(30)7-4-18)44-24-13-19(5-8-23(24)38-45(42,43)29(31)32)26-25-27(39(2)37-26)22(15-35-28(25)33)20-14-36-41(16-20)40-11-9-34-10-12-40/h3-8,13-17,29,34,38H,9-12H2,1-2H3,(H2,33,35)/t17-/m0/s1. The zero-order chi connectivity index (χ0) is 31.9. The van der Waals surface area contributed by atoms with Crippen molar-refractivity contribution in [2.75, 3.05) is 41.6 Å². The van der Waals surface area contributed by atoms with Crippen LogP contribution in [-0.4, -0.2) is 65.0 Å². The van der Waals surface area contributed by atoms with Gasteiger partial charge in [0.25, 0.3) is 10.0 Å². The molecular formula is C29H30F3N9O3S. The number of pyridine rings is 1. The number of nitrogens with zero attached hydrogens (tertiary/aromatic N) is 6. The summed E-state index contributed by atoms with van der Waals surface area (Å²) >= 11 is 0. The number of nitrogen functional groups attached to an aromatic ring is 1. The first-order chi connectivity index (χ1) is 21.5. The molecule has 0 saturated carbocycles. The van der Waals surface area contributed by atoms with E-state index in [1.807, 2.05) is 10.9 Å². The fourth-order valence-corrected chi connectivity index (χ4v) is 5.82. The average molecular weight is 642 g/mol. The Morgan fingerprint density at radius 2 is 1.80 bits per heavy atom. The van der Waals surface area contributed by atoms with Crippen LogP contribution in [0.4, 0.5) is 24.7 Å². The lowest BCUT2D eigenvalue weighted by atomic mass is 10.0. The minimum absolute atomic E-state index is 0.0488. The topological polar surface area (TPSA) is 145 Å². The molecule has 2 aromatic carbocycles. The molecule has 1 aliphatic heterocycles. The molecule has 12 nitrogen and oxygen atoms in total. The van der Waals surface area contributed by atoms with E-state index in [1.165, 1.54) is 42.5 Å². The number of aromatic nitrogens is 5. The van der Waals surface area contributed by atoms with Crippen molar-refractivity contribution < 1.29 is 26.3 Å². The second-order valence-corrected chi connectivity index (χ2v) is 12.2.